The maximum absolute atomic E-state index is 11.0. The lowest BCUT2D eigenvalue weighted by Crippen LogP contribution is -2.41. The van der Waals surface area contributed by atoms with Gasteiger partial charge >= 0.3 is 0 Å². The van der Waals surface area contributed by atoms with Gasteiger partial charge in [-0.25, -0.2) is 4.98 Å². The topological polar surface area (TPSA) is 53.7 Å². The predicted molar refractivity (Wildman–Crippen MR) is 110 cm³/mol. The summed E-state index contributed by atoms with van der Waals surface area (Å²) in [6.07, 6.45) is 2.00. The molecule has 1 fully saturated rings. The van der Waals surface area contributed by atoms with E-state index in [4.69, 9.17) is 11.6 Å². The highest BCUT2D eigenvalue weighted by molar-refractivity contribution is 7.17. The predicted octanol–water partition coefficient (Wildman–Crippen LogP) is 4.78. The van der Waals surface area contributed by atoms with Crippen LogP contribution in [0, 0.1) is 11.8 Å². The quantitative estimate of drug-likeness (QED) is 0.679. The Balaban J connectivity index is 1.81. The maximum Gasteiger partial charge on any atom is 0.230 e. The van der Waals surface area contributed by atoms with Crippen molar-refractivity contribution < 1.29 is 5.11 Å². The van der Waals surface area contributed by atoms with Crippen molar-refractivity contribution in [1.82, 2.24) is 19.5 Å². The van der Waals surface area contributed by atoms with E-state index >= 15 is 0 Å². The van der Waals surface area contributed by atoms with E-state index < -0.39 is 0 Å². The van der Waals surface area contributed by atoms with Gasteiger partial charge in [0.15, 0.2) is 5.82 Å². The van der Waals surface area contributed by atoms with Gasteiger partial charge < -0.3 is 5.11 Å². The molecule has 0 spiro atoms. The number of aromatic hydroxyl groups is 1. The van der Waals surface area contributed by atoms with E-state index in [0.29, 0.717) is 11.8 Å². The number of piperidine rings is 1. The number of aromatic nitrogens is 3. The fourth-order valence-electron chi connectivity index (χ4n) is 4.21. The van der Waals surface area contributed by atoms with Gasteiger partial charge in [-0.1, -0.05) is 55.8 Å². The van der Waals surface area contributed by atoms with Crippen LogP contribution in [0.25, 0.3) is 4.96 Å². The zero-order valence-electron chi connectivity index (χ0n) is 15.9. The Hall–Kier alpha value is -1.63. The maximum atomic E-state index is 11.0. The normalized spacial score (nSPS) is 22.4. The zero-order valence-corrected chi connectivity index (χ0v) is 17.5. The van der Waals surface area contributed by atoms with Crippen LogP contribution in [0.15, 0.2) is 24.3 Å². The number of hydrogen-bond donors (Lipinski definition) is 1. The minimum atomic E-state index is -0.0222. The number of benzene rings is 1. The van der Waals surface area contributed by atoms with Crippen LogP contribution in [0.5, 0.6) is 5.88 Å². The standard InChI is InChI=1S/C20H25ClN4OS/c1-4-16-22-20-25(23-16)19(26)18(27-20)17(14-5-7-15(21)8-6-14)24-10-12(2)9-13(3)11-24/h5-8,12-13,17,26H,4,9-11H2,1-3H3/t12-,13+,17-/m1/s1. The third-order valence-corrected chi connectivity index (χ3v) is 6.58. The van der Waals surface area contributed by atoms with Crippen molar-refractivity contribution in [2.45, 2.75) is 39.7 Å². The number of hydrogen-bond acceptors (Lipinski definition) is 5. The van der Waals surface area contributed by atoms with Crippen molar-refractivity contribution in [3.05, 3.63) is 45.6 Å². The lowest BCUT2D eigenvalue weighted by molar-refractivity contribution is 0.112. The SMILES string of the molecule is CCc1nc2sc([C@@H](c3ccc(Cl)cc3)N3C[C@H](C)C[C@H](C)C3)c(O)n2n1. The van der Waals surface area contributed by atoms with Crippen molar-refractivity contribution in [3.8, 4) is 5.88 Å². The van der Waals surface area contributed by atoms with E-state index in [2.05, 4.69) is 41.0 Å². The molecule has 5 nitrogen and oxygen atoms in total. The van der Waals surface area contributed by atoms with Crippen LogP contribution in [0.4, 0.5) is 0 Å². The third kappa shape index (κ3) is 3.58. The minimum absolute atomic E-state index is 0.0222. The molecule has 1 aliphatic heterocycles. The van der Waals surface area contributed by atoms with Crippen LogP contribution >= 0.6 is 22.9 Å². The molecule has 1 aromatic carbocycles. The summed E-state index contributed by atoms with van der Waals surface area (Å²) in [5, 5.41) is 16.1. The van der Waals surface area contributed by atoms with Crippen LogP contribution in [-0.2, 0) is 6.42 Å². The number of nitrogens with zero attached hydrogens (tertiary/aromatic N) is 4. The average Bonchev–Trinajstić information content (AvgIpc) is 3.16. The van der Waals surface area contributed by atoms with E-state index in [9.17, 15) is 5.11 Å². The molecule has 3 heterocycles. The molecular weight excluding hydrogens is 380 g/mol. The van der Waals surface area contributed by atoms with Gasteiger partial charge in [-0.2, -0.15) is 4.52 Å². The Kier molecular flexibility index (Phi) is 5.14. The van der Waals surface area contributed by atoms with Gasteiger partial charge in [0.05, 0.1) is 10.9 Å². The van der Waals surface area contributed by atoms with Gasteiger partial charge in [0.25, 0.3) is 0 Å². The molecule has 3 aromatic rings. The van der Waals surface area contributed by atoms with Crippen molar-refractivity contribution in [2.75, 3.05) is 13.1 Å². The molecule has 0 bridgehead atoms. The second-order valence-corrected chi connectivity index (χ2v) is 9.17. The summed E-state index contributed by atoms with van der Waals surface area (Å²) in [5.74, 6) is 2.21. The first-order chi connectivity index (χ1) is 13.0. The molecule has 0 unspecified atom stereocenters. The van der Waals surface area contributed by atoms with E-state index in [0.717, 1.165) is 45.8 Å². The summed E-state index contributed by atoms with van der Waals surface area (Å²) in [5.41, 5.74) is 1.14. The highest BCUT2D eigenvalue weighted by atomic mass is 35.5. The summed E-state index contributed by atoms with van der Waals surface area (Å²) < 4.78 is 1.58. The molecule has 0 aliphatic carbocycles. The first-order valence-electron chi connectivity index (χ1n) is 9.53. The molecular formula is C20H25ClN4OS. The molecule has 144 valence electrons. The molecule has 0 saturated carbocycles. The van der Waals surface area contributed by atoms with E-state index in [1.54, 1.807) is 4.52 Å². The molecule has 1 N–H and O–H groups in total. The number of fused-ring (bicyclic) bond motifs is 1. The van der Waals surface area contributed by atoms with Gasteiger partial charge in [-0.15, -0.1) is 5.10 Å². The lowest BCUT2D eigenvalue weighted by Gasteiger charge is -2.40. The molecule has 2 aromatic heterocycles. The van der Waals surface area contributed by atoms with Crippen LogP contribution in [0.3, 0.4) is 0 Å². The van der Waals surface area contributed by atoms with Gasteiger partial charge in [0.1, 0.15) is 0 Å². The first kappa shape index (κ1) is 18.7. The highest BCUT2D eigenvalue weighted by Gasteiger charge is 2.33. The Morgan fingerprint density at radius 3 is 2.48 bits per heavy atom. The second-order valence-electron chi connectivity index (χ2n) is 7.72. The number of aryl methyl sites for hydroxylation is 1. The molecule has 1 saturated heterocycles. The highest BCUT2D eigenvalue weighted by Crippen LogP contribution is 2.42. The molecule has 3 atom stereocenters. The van der Waals surface area contributed by atoms with E-state index in [-0.39, 0.29) is 11.9 Å². The smallest absolute Gasteiger partial charge is 0.230 e. The fourth-order valence-corrected chi connectivity index (χ4v) is 5.48. The monoisotopic (exact) mass is 404 g/mol. The molecule has 0 amide bonds. The van der Waals surface area contributed by atoms with E-state index in [1.807, 2.05) is 19.1 Å². The van der Waals surface area contributed by atoms with Gasteiger partial charge in [0, 0.05) is 24.5 Å². The van der Waals surface area contributed by atoms with Gasteiger partial charge in [-0.3, -0.25) is 4.90 Å². The largest absolute Gasteiger partial charge is 0.492 e. The Morgan fingerprint density at radius 2 is 1.89 bits per heavy atom. The van der Waals surface area contributed by atoms with Gasteiger partial charge in [0.2, 0.25) is 10.8 Å². The molecule has 1 aliphatic rings. The Bertz CT molecular complexity index is 926. The number of likely N-dealkylation sites (tertiary alicyclic amines) is 1. The Morgan fingerprint density at radius 1 is 1.22 bits per heavy atom. The zero-order chi connectivity index (χ0) is 19.1. The average molecular weight is 405 g/mol. The fraction of sp³-hybridized carbons (Fsp3) is 0.500. The molecule has 0 radical (unpaired) electrons. The van der Waals surface area contributed by atoms with Crippen LogP contribution < -0.4 is 0 Å². The first-order valence-corrected chi connectivity index (χ1v) is 10.7. The minimum Gasteiger partial charge on any atom is -0.492 e. The van der Waals surface area contributed by atoms with Crippen LogP contribution in [0.2, 0.25) is 5.02 Å². The van der Waals surface area contributed by atoms with Crippen molar-refractivity contribution >= 4 is 27.9 Å². The van der Waals surface area contributed by atoms with Crippen molar-refractivity contribution in [1.29, 1.82) is 0 Å². The third-order valence-electron chi connectivity index (χ3n) is 5.26. The van der Waals surface area contributed by atoms with Crippen molar-refractivity contribution in [3.63, 3.8) is 0 Å². The summed E-state index contributed by atoms with van der Waals surface area (Å²) in [6.45, 7) is 8.63. The summed E-state index contributed by atoms with van der Waals surface area (Å²) in [7, 11) is 0. The molecule has 7 heteroatoms. The van der Waals surface area contributed by atoms with E-state index in [1.165, 1.54) is 17.8 Å². The molecule has 4 rings (SSSR count). The van der Waals surface area contributed by atoms with Crippen LogP contribution in [0.1, 0.15) is 49.5 Å². The second kappa shape index (κ2) is 7.41. The van der Waals surface area contributed by atoms with Gasteiger partial charge in [-0.05, 0) is 36.0 Å². The number of thiazole rings is 1. The van der Waals surface area contributed by atoms with Crippen molar-refractivity contribution in [2.24, 2.45) is 11.8 Å². The molecule has 27 heavy (non-hydrogen) atoms. The Labute approximate surface area is 168 Å². The summed E-state index contributed by atoms with van der Waals surface area (Å²) in [4.78, 5) is 8.67. The van der Waals surface area contributed by atoms with Crippen LogP contribution in [-0.4, -0.2) is 37.7 Å². The summed E-state index contributed by atoms with van der Waals surface area (Å²) >= 11 is 7.65. The summed E-state index contributed by atoms with van der Waals surface area (Å²) in [6, 6.07) is 7.94. The number of halogens is 1. The number of rotatable bonds is 4. The lowest BCUT2D eigenvalue weighted by atomic mass is 9.89.